The number of hydrogen-bond acceptors (Lipinski definition) is 2. The van der Waals surface area contributed by atoms with E-state index in [1.54, 1.807) is 7.11 Å². The fourth-order valence-electron chi connectivity index (χ4n) is 2.02. The molecule has 0 saturated carbocycles. The molecule has 3 heteroatoms. The largest absolute Gasteiger partial charge is 0.385 e. The molecule has 1 aromatic carbocycles. The van der Waals surface area contributed by atoms with Crippen molar-refractivity contribution >= 4 is 15.9 Å². The van der Waals surface area contributed by atoms with Gasteiger partial charge in [0.2, 0.25) is 0 Å². The van der Waals surface area contributed by atoms with Crippen molar-refractivity contribution in [1.29, 1.82) is 0 Å². The summed E-state index contributed by atoms with van der Waals surface area (Å²) >= 11 is 3.49. The molecular weight excluding hydrogens is 302 g/mol. The second kappa shape index (κ2) is 8.03. The molecule has 19 heavy (non-hydrogen) atoms. The van der Waals surface area contributed by atoms with Crippen LogP contribution in [-0.4, -0.2) is 25.8 Å². The summed E-state index contributed by atoms with van der Waals surface area (Å²) in [7, 11) is 1.77. The molecule has 1 unspecified atom stereocenters. The van der Waals surface area contributed by atoms with Crippen molar-refractivity contribution in [3.05, 3.63) is 34.3 Å². The first-order valence-electron chi connectivity index (χ1n) is 6.92. The summed E-state index contributed by atoms with van der Waals surface area (Å²) in [6.45, 7) is 8.47. The lowest BCUT2D eigenvalue weighted by molar-refractivity contribution is 0.189. The number of benzene rings is 1. The molecule has 0 bridgehead atoms. The van der Waals surface area contributed by atoms with Crippen molar-refractivity contribution in [2.45, 2.75) is 45.1 Å². The van der Waals surface area contributed by atoms with Gasteiger partial charge in [-0.1, -0.05) is 28.1 Å². The second-order valence-corrected chi connectivity index (χ2v) is 6.93. The van der Waals surface area contributed by atoms with Gasteiger partial charge >= 0.3 is 0 Å². The van der Waals surface area contributed by atoms with E-state index >= 15 is 0 Å². The maximum Gasteiger partial charge on any atom is 0.0462 e. The van der Waals surface area contributed by atoms with Crippen molar-refractivity contribution in [2.75, 3.05) is 20.3 Å². The highest BCUT2D eigenvalue weighted by Crippen LogP contribution is 2.23. The van der Waals surface area contributed by atoms with Crippen LogP contribution in [0.4, 0.5) is 0 Å². The van der Waals surface area contributed by atoms with E-state index in [0.29, 0.717) is 5.92 Å². The Morgan fingerprint density at radius 1 is 1.21 bits per heavy atom. The van der Waals surface area contributed by atoms with Gasteiger partial charge in [-0.2, -0.15) is 0 Å². The van der Waals surface area contributed by atoms with Gasteiger partial charge in [-0.3, -0.25) is 0 Å². The summed E-state index contributed by atoms with van der Waals surface area (Å²) in [6.07, 6.45) is 2.25. The average molecular weight is 328 g/mol. The van der Waals surface area contributed by atoms with Crippen LogP contribution in [0.25, 0.3) is 0 Å². The van der Waals surface area contributed by atoms with E-state index in [-0.39, 0.29) is 5.54 Å². The molecule has 0 aromatic heterocycles. The van der Waals surface area contributed by atoms with Crippen LogP contribution in [0.3, 0.4) is 0 Å². The molecule has 0 radical (unpaired) electrons. The van der Waals surface area contributed by atoms with Gasteiger partial charge in [0.25, 0.3) is 0 Å². The average Bonchev–Trinajstić information content (AvgIpc) is 2.34. The molecule has 0 fully saturated rings. The summed E-state index contributed by atoms with van der Waals surface area (Å²) < 4.78 is 6.30. The molecule has 1 aromatic rings. The minimum Gasteiger partial charge on any atom is -0.385 e. The van der Waals surface area contributed by atoms with Crippen LogP contribution >= 0.6 is 15.9 Å². The monoisotopic (exact) mass is 327 g/mol. The first kappa shape index (κ1) is 16.7. The highest BCUT2D eigenvalue weighted by molar-refractivity contribution is 9.10. The highest BCUT2D eigenvalue weighted by Gasteiger charge is 2.15. The molecule has 0 aliphatic carbocycles. The normalized spacial score (nSPS) is 13.5. The Morgan fingerprint density at radius 3 is 2.37 bits per heavy atom. The number of methoxy groups -OCH3 is 1. The summed E-state index contributed by atoms with van der Waals surface area (Å²) in [5, 5.41) is 3.61. The van der Waals surface area contributed by atoms with Crippen molar-refractivity contribution in [3.63, 3.8) is 0 Å². The fraction of sp³-hybridized carbons (Fsp3) is 0.625. The van der Waals surface area contributed by atoms with Crippen molar-refractivity contribution in [1.82, 2.24) is 5.32 Å². The second-order valence-electron chi connectivity index (χ2n) is 6.01. The Bertz CT molecular complexity index is 356. The molecule has 1 rings (SSSR count). The quantitative estimate of drug-likeness (QED) is 0.752. The van der Waals surface area contributed by atoms with Crippen molar-refractivity contribution < 1.29 is 4.74 Å². The summed E-state index contributed by atoms with van der Waals surface area (Å²) in [5.74, 6) is 0.544. The van der Waals surface area contributed by atoms with Crippen LogP contribution in [-0.2, 0) is 4.74 Å². The van der Waals surface area contributed by atoms with Crippen molar-refractivity contribution in [2.24, 2.45) is 0 Å². The zero-order valence-corrected chi connectivity index (χ0v) is 14.1. The van der Waals surface area contributed by atoms with Gasteiger partial charge in [0.05, 0.1) is 0 Å². The number of nitrogens with one attached hydrogen (secondary N) is 1. The van der Waals surface area contributed by atoms with E-state index in [4.69, 9.17) is 4.74 Å². The lowest BCUT2D eigenvalue weighted by atomic mass is 9.93. The molecule has 2 nitrogen and oxygen atoms in total. The van der Waals surface area contributed by atoms with Crippen LogP contribution in [0.1, 0.15) is 45.1 Å². The minimum absolute atomic E-state index is 0.162. The predicted molar refractivity (Wildman–Crippen MR) is 85.7 cm³/mol. The number of ether oxygens (including phenoxy) is 1. The van der Waals surface area contributed by atoms with Gasteiger partial charge in [-0.15, -0.1) is 0 Å². The van der Waals surface area contributed by atoms with Crippen LogP contribution in [0.2, 0.25) is 0 Å². The maximum absolute atomic E-state index is 5.16. The first-order valence-corrected chi connectivity index (χ1v) is 7.71. The summed E-state index contributed by atoms with van der Waals surface area (Å²) in [4.78, 5) is 0. The molecule has 108 valence electrons. The van der Waals surface area contributed by atoms with Gasteiger partial charge in [0, 0.05) is 30.3 Å². The van der Waals surface area contributed by atoms with Gasteiger partial charge in [0.1, 0.15) is 0 Å². The molecule has 1 N–H and O–H groups in total. The van der Waals surface area contributed by atoms with Crippen LogP contribution in [0.15, 0.2) is 28.7 Å². The SMILES string of the molecule is COCCCC(CNC(C)(C)C)c1ccc(Br)cc1. The number of rotatable bonds is 7. The topological polar surface area (TPSA) is 21.3 Å². The van der Waals surface area contributed by atoms with E-state index in [0.717, 1.165) is 30.5 Å². The number of halogens is 1. The van der Waals surface area contributed by atoms with Gasteiger partial charge in [-0.05, 0) is 57.2 Å². The summed E-state index contributed by atoms with van der Waals surface area (Å²) in [5.41, 5.74) is 1.56. The van der Waals surface area contributed by atoms with Gasteiger partial charge in [-0.25, -0.2) is 0 Å². The van der Waals surface area contributed by atoms with Gasteiger partial charge < -0.3 is 10.1 Å². The summed E-state index contributed by atoms with van der Waals surface area (Å²) in [6, 6.07) is 8.67. The van der Waals surface area contributed by atoms with E-state index in [1.807, 2.05) is 0 Å². The molecule has 0 aliphatic rings. The minimum atomic E-state index is 0.162. The molecular formula is C16H26BrNO. The van der Waals surface area contributed by atoms with Crippen molar-refractivity contribution in [3.8, 4) is 0 Å². The predicted octanol–water partition coefficient (Wildman–Crippen LogP) is 4.35. The van der Waals surface area contributed by atoms with Gasteiger partial charge in [0.15, 0.2) is 0 Å². The third kappa shape index (κ3) is 7.09. The Labute approximate surface area is 126 Å². The third-order valence-corrected chi connectivity index (χ3v) is 3.65. The smallest absolute Gasteiger partial charge is 0.0462 e. The molecule has 0 spiro atoms. The lowest BCUT2D eigenvalue weighted by Gasteiger charge is -2.25. The van der Waals surface area contributed by atoms with E-state index in [1.165, 1.54) is 5.56 Å². The highest BCUT2D eigenvalue weighted by atomic mass is 79.9. The zero-order valence-electron chi connectivity index (χ0n) is 12.5. The van der Waals surface area contributed by atoms with E-state index in [9.17, 15) is 0 Å². The Kier molecular flexibility index (Phi) is 7.05. The van der Waals surface area contributed by atoms with Crippen LogP contribution < -0.4 is 5.32 Å². The fourth-order valence-corrected chi connectivity index (χ4v) is 2.29. The van der Waals surface area contributed by atoms with Crippen LogP contribution in [0.5, 0.6) is 0 Å². The molecule has 0 saturated heterocycles. The third-order valence-electron chi connectivity index (χ3n) is 3.12. The maximum atomic E-state index is 5.16. The molecule has 0 heterocycles. The van der Waals surface area contributed by atoms with E-state index in [2.05, 4.69) is 66.3 Å². The van der Waals surface area contributed by atoms with Crippen LogP contribution in [0, 0.1) is 0 Å². The van der Waals surface area contributed by atoms with E-state index < -0.39 is 0 Å². The first-order chi connectivity index (χ1) is 8.92. The Balaban J connectivity index is 2.65. The molecule has 0 amide bonds. The molecule has 1 atom stereocenters. The Hall–Kier alpha value is -0.380. The zero-order chi connectivity index (χ0) is 14.3. The Morgan fingerprint density at radius 2 is 1.84 bits per heavy atom. The standard InChI is InChI=1S/C16H26BrNO/c1-16(2,3)18-12-14(6-5-11-19-4)13-7-9-15(17)10-8-13/h7-10,14,18H,5-6,11-12H2,1-4H3. The number of hydrogen-bond donors (Lipinski definition) is 1. The lowest BCUT2D eigenvalue weighted by Crippen LogP contribution is -2.38. The molecule has 0 aliphatic heterocycles.